The number of amides is 3. The van der Waals surface area contributed by atoms with E-state index in [1.54, 1.807) is 48.5 Å². The van der Waals surface area contributed by atoms with Crippen LogP contribution in [0, 0.1) is 17.8 Å². The van der Waals surface area contributed by atoms with Gasteiger partial charge in [-0.3, -0.25) is 14.4 Å². The maximum Gasteiger partial charge on any atom is 0.273 e. The number of rotatable bonds is 4. The Hall–Kier alpha value is -2.37. The lowest BCUT2D eigenvalue weighted by Gasteiger charge is -2.30. The molecule has 1 heterocycles. The van der Waals surface area contributed by atoms with Crippen molar-refractivity contribution in [3.05, 3.63) is 69.7 Å². The fraction of sp³-hybridized carbons (Fsp3) is 0.348. The van der Waals surface area contributed by atoms with Crippen molar-refractivity contribution in [2.45, 2.75) is 32.7 Å². The fourth-order valence-corrected chi connectivity index (χ4v) is 4.60. The van der Waals surface area contributed by atoms with Crippen LogP contribution in [0.4, 0.5) is 0 Å². The third-order valence-corrected chi connectivity index (χ3v) is 6.48. The minimum Gasteiger partial charge on any atom is -0.272 e. The third-order valence-electron chi connectivity index (χ3n) is 5.98. The van der Waals surface area contributed by atoms with Crippen LogP contribution in [0.3, 0.4) is 0 Å². The monoisotopic (exact) mass is 444 g/mol. The molecule has 4 rings (SSSR count). The number of hydrazine groups is 1. The summed E-state index contributed by atoms with van der Waals surface area (Å²) in [6, 6.07) is 13.4. The molecule has 0 spiro atoms. The Bertz CT molecular complexity index is 975. The fourth-order valence-electron chi connectivity index (χ4n) is 4.35. The zero-order valence-corrected chi connectivity index (χ0v) is 18.1. The molecule has 3 amide bonds. The topological polar surface area (TPSA) is 57.7 Å². The van der Waals surface area contributed by atoms with E-state index in [4.69, 9.17) is 23.2 Å². The second-order valence-electron chi connectivity index (χ2n) is 8.12. The number of carbonyl (C=O) groups excluding carboxylic acids is 3. The Kier molecular flexibility index (Phi) is 5.85. The van der Waals surface area contributed by atoms with Gasteiger partial charge in [0.25, 0.3) is 17.7 Å². The molecule has 0 bridgehead atoms. The van der Waals surface area contributed by atoms with Crippen LogP contribution in [0.2, 0.25) is 10.0 Å². The number of fused-ring (bicyclic) bond motifs is 1. The summed E-state index contributed by atoms with van der Waals surface area (Å²) >= 11 is 11.9. The summed E-state index contributed by atoms with van der Waals surface area (Å²) in [7, 11) is 0. The van der Waals surface area contributed by atoms with Gasteiger partial charge < -0.3 is 0 Å². The van der Waals surface area contributed by atoms with Crippen molar-refractivity contribution in [3.8, 4) is 0 Å². The van der Waals surface area contributed by atoms with E-state index >= 15 is 0 Å². The van der Waals surface area contributed by atoms with Crippen molar-refractivity contribution in [3.63, 3.8) is 0 Å². The highest BCUT2D eigenvalue weighted by molar-refractivity contribution is 6.30. The molecule has 2 aromatic rings. The molecule has 0 aromatic heterocycles. The standard InChI is InChI=1S/C23H22Cl2N2O3/c1-14-2-11-19-20(12-14)23(30)27(22(19)29)26(13-15-3-7-17(24)8-4-15)21(28)16-5-9-18(25)10-6-16/h3-10,14,19-20H,2,11-13H2,1H3/t14-,19-,20-/m1/s1. The average molecular weight is 445 g/mol. The lowest BCUT2D eigenvalue weighted by molar-refractivity contribution is -0.155. The first-order valence-corrected chi connectivity index (χ1v) is 10.8. The van der Waals surface area contributed by atoms with Crippen molar-refractivity contribution in [2.24, 2.45) is 17.8 Å². The molecule has 2 aliphatic rings. The van der Waals surface area contributed by atoms with E-state index in [0.29, 0.717) is 34.4 Å². The number of nitrogens with zero attached hydrogens (tertiary/aromatic N) is 2. The molecule has 156 valence electrons. The van der Waals surface area contributed by atoms with Crippen LogP contribution in [-0.2, 0) is 16.1 Å². The molecule has 1 saturated heterocycles. The highest BCUT2D eigenvalue weighted by atomic mass is 35.5. The third kappa shape index (κ3) is 3.96. The maximum absolute atomic E-state index is 13.4. The predicted octanol–water partition coefficient (Wildman–Crippen LogP) is 4.97. The molecule has 1 saturated carbocycles. The SMILES string of the molecule is C[C@@H]1CC[C@H]2C(=O)N(N(Cc3ccc(Cl)cc3)C(=O)c3ccc(Cl)cc3)C(=O)[C@@H]2C1. The molecule has 1 aliphatic carbocycles. The van der Waals surface area contributed by atoms with Gasteiger partial charge in [-0.05, 0) is 67.1 Å². The van der Waals surface area contributed by atoms with Gasteiger partial charge in [0.15, 0.2) is 0 Å². The Morgan fingerprint density at radius 1 is 0.933 bits per heavy atom. The number of imide groups is 1. The van der Waals surface area contributed by atoms with Crippen molar-refractivity contribution < 1.29 is 14.4 Å². The first-order valence-electron chi connectivity index (χ1n) is 10.0. The van der Waals surface area contributed by atoms with E-state index in [1.807, 2.05) is 0 Å². The first kappa shape index (κ1) is 20.9. The van der Waals surface area contributed by atoms with Crippen molar-refractivity contribution in [1.29, 1.82) is 0 Å². The van der Waals surface area contributed by atoms with Crippen molar-refractivity contribution in [2.75, 3.05) is 0 Å². The number of carbonyl (C=O) groups is 3. The van der Waals surface area contributed by atoms with Gasteiger partial charge in [-0.15, -0.1) is 0 Å². The Morgan fingerprint density at radius 3 is 2.13 bits per heavy atom. The minimum absolute atomic E-state index is 0.0884. The quantitative estimate of drug-likeness (QED) is 0.625. The van der Waals surface area contributed by atoms with E-state index in [2.05, 4.69) is 6.92 Å². The predicted molar refractivity (Wildman–Crippen MR) is 115 cm³/mol. The van der Waals surface area contributed by atoms with Gasteiger partial charge in [-0.25, -0.2) is 5.01 Å². The molecule has 2 aromatic carbocycles. The number of halogens is 2. The zero-order valence-electron chi connectivity index (χ0n) is 16.6. The van der Waals surface area contributed by atoms with Crippen LogP contribution >= 0.6 is 23.2 Å². The average Bonchev–Trinajstić information content (AvgIpc) is 2.97. The molecule has 7 heteroatoms. The summed E-state index contributed by atoms with van der Waals surface area (Å²) in [6.07, 6.45) is 2.27. The second kappa shape index (κ2) is 8.40. The van der Waals surface area contributed by atoms with Crippen LogP contribution in [0.15, 0.2) is 48.5 Å². The van der Waals surface area contributed by atoms with Gasteiger partial charge >= 0.3 is 0 Å². The van der Waals surface area contributed by atoms with Gasteiger partial charge in [0.05, 0.1) is 18.4 Å². The maximum atomic E-state index is 13.4. The summed E-state index contributed by atoms with van der Waals surface area (Å²) in [4.78, 5) is 39.8. The van der Waals surface area contributed by atoms with Crippen molar-refractivity contribution in [1.82, 2.24) is 10.0 Å². The number of hydrogen-bond donors (Lipinski definition) is 0. The Balaban J connectivity index is 1.70. The normalized spacial score (nSPS) is 23.4. The lowest BCUT2D eigenvalue weighted by atomic mass is 9.76. The van der Waals surface area contributed by atoms with E-state index in [9.17, 15) is 14.4 Å². The van der Waals surface area contributed by atoms with Crippen LogP contribution in [-0.4, -0.2) is 27.7 Å². The zero-order chi connectivity index (χ0) is 21.4. The van der Waals surface area contributed by atoms with E-state index in [0.717, 1.165) is 17.0 Å². The molecular weight excluding hydrogens is 423 g/mol. The molecule has 0 unspecified atom stereocenters. The van der Waals surface area contributed by atoms with Crippen LogP contribution in [0.5, 0.6) is 0 Å². The van der Waals surface area contributed by atoms with E-state index in [-0.39, 0.29) is 30.2 Å². The molecule has 5 nitrogen and oxygen atoms in total. The largest absolute Gasteiger partial charge is 0.273 e. The smallest absolute Gasteiger partial charge is 0.272 e. The van der Waals surface area contributed by atoms with Gasteiger partial charge in [-0.2, -0.15) is 5.01 Å². The number of benzene rings is 2. The molecule has 30 heavy (non-hydrogen) atoms. The summed E-state index contributed by atoms with van der Waals surface area (Å²) < 4.78 is 0. The summed E-state index contributed by atoms with van der Waals surface area (Å²) in [5, 5.41) is 3.42. The van der Waals surface area contributed by atoms with Crippen molar-refractivity contribution >= 4 is 40.9 Å². The Morgan fingerprint density at radius 2 is 1.50 bits per heavy atom. The molecule has 2 fully saturated rings. The van der Waals surface area contributed by atoms with Gasteiger partial charge in [0.2, 0.25) is 0 Å². The molecule has 0 N–H and O–H groups in total. The van der Waals surface area contributed by atoms with Crippen LogP contribution in [0.25, 0.3) is 0 Å². The van der Waals surface area contributed by atoms with E-state index in [1.165, 1.54) is 5.01 Å². The molecular formula is C23H22Cl2N2O3. The summed E-state index contributed by atoms with van der Waals surface area (Å²) in [5.74, 6) is -1.30. The van der Waals surface area contributed by atoms with Gasteiger partial charge in [0.1, 0.15) is 0 Å². The van der Waals surface area contributed by atoms with E-state index < -0.39 is 5.91 Å². The van der Waals surface area contributed by atoms with Crippen LogP contribution in [0.1, 0.15) is 42.1 Å². The van der Waals surface area contributed by atoms with Gasteiger partial charge in [0, 0.05) is 15.6 Å². The van der Waals surface area contributed by atoms with Gasteiger partial charge in [-0.1, -0.05) is 42.3 Å². The van der Waals surface area contributed by atoms with Crippen LogP contribution < -0.4 is 0 Å². The molecule has 3 atom stereocenters. The Labute approximate surface area is 185 Å². The second-order valence-corrected chi connectivity index (χ2v) is 8.99. The summed E-state index contributed by atoms with van der Waals surface area (Å²) in [6.45, 7) is 2.19. The molecule has 1 aliphatic heterocycles. The minimum atomic E-state index is -0.421. The highest BCUT2D eigenvalue weighted by Gasteiger charge is 2.52. The first-order chi connectivity index (χ1) is 14.3. The number of hydrogen-bond acceptors (Lipinski definition) is 3. The lowest BCUT2D eigenvalue weighted by Crippen LogP contribution is -2.49. The summed E-state index contributed by atoms with van der Waals surface area (Å²) in [5.41, 5.74) is 1.13. The molecule has 0 radical (unpaired) electrons. The highest BCUT2D eigenvalue weighted by Crippen LogP contribution is 2.41.